The van der Waals surface area contributed by atoms with E-state index < -0.39 is 23.6 Å². The van der Waals surface area contributed by atoms with Gasteiger partial charge in [-0.05, 0) is 55.3 Å². The SMILES string of the molecule is CC(C)NC(=O)c1cc(-c2ccc(NC(=O)C(O)c3cc(F)cc(F)c3)cc2)cnc1N. The highest BCUT2D eigenvalue weighted by molar-refractivity contribution is 5.99. The second kappa shape index (κ2) is 9.52. The molecule has 1 atom stereocenters. The van der Waals surface area contributed by atoms with E-state index >= 15 is 0 Å². The summed E-state index contributed by atoms with van der Waals surface area (Å²) < 4.78 is 26.7. The number of nitrogen functional groups attached to an aromatic ring is 1. The number of nitrogens with zero attached hydrogens (tertiary/aromatic N) is 1. The number of anilines is 2. The van der Waals surface area contributed by atoms with Gasteiger partial charge in [-0.2, -0.15) is 0 Å². The van der Waals surface area contributed by atoms with Gasteiger partial charge in [-0.1, -0.05) is 12.1 Å². The predicted molar refractivity (Wildman–Crippen MR) is 117 cm³/mol. The Morgan fingerprint density at radius 1 is 1.00 bits per heavy atom. The topological polar surface area (TPSA) is 117 Å². The minimum Gasteiger partial charge on any atom is -0.383 e. The number of halogens is 2. The molecule has 0 fully saturated rings. The molecular weight excluding hydrogens is 418 g/mol. The van der Waals surface area contributed by atoms with Crippen LogP contribution in [0.3, 0.4) is 0 Å². The van der Waals surface area contributed by atoms with Gasteiger partial charge < -0.3 is 21.5 Å². The first-order valence-corrected chi connectivity index (χ1v) is 9.76. The number of benzene rings is 2. The van der Waals surface area contributed by atoms with E-state index in [9.17, 15) is 23.5 Å². The van der Waals surface area contributed by atoms with Crippen LogP contribution in [0.4, 0.5) is 20.3 Å². The molecule has 0 radical (unpaired) electrons. The average Bonchev–Trinajstić information content (AvgIpc) is 2.73. The molecule has 0 aliphatic heterocycles. The number of nitrogens with one attached hydrogen (secondary N) is 2. The number of nitrogens with two attached hydrogens (primary N) is 1. The molecule has 2 amide bonds. The fourth-order valence-electron chi connectivity index (χ4n) is 3.00. The fourth-order valence-corrected chi connectivity index (χ4v) is 3.00. The van der Waals surface area contributed by atoms with Crippen LogP contribution in [-0.4, -0.2) is 27.9 Å². The van der Waals surface area contributed by atoms with Crippen molar-refractivity contribution < 1.29 is 23.5 Å². The van der Waals surface area contributed by atoms with Crippen LogP contribution in [-0.2, 0) is 4.79 Å². The Hall–Kier alpha value is -3.85. The highest BCUT2D eigenvalue weighted by Gasteiger charge is 2.19. The average molecular weight is 440 g/mol. The van der Waals surface area contributed by atoms with E-state index in [-0.39, 0.29) is 28.9 Å². The van der Waals surface area contributed by atoms with Gasteiger partial charge in [0, 0.05) is 29.6 Å². The molecule has 0 saturated heterocycles. The van der Waals surface area contributed by atoms with Crippen molar-refractivity contribution in [3.63, 3.8) is 0 Å². The second-order valence-electron chi connectivity index (χ2n) is 7.46. The number of amides is 2. The van der Waals surface area contributed by atoms with Crippen molar-refractivity contribution >= 4 is 23.3 Å². The van der Waals surface area contributed by atoms with Crippen molar-refractivity contribution in [2.24, 2.45) is 0 Å². The van der Waals surface area contributed by atoms with Gasteiger partial charge in [0.05, 0.1) is 5.56 Å². The van der Waals surface area contributed by atoms with E-state index in [1.807, 2.05) is 13.8 Å². The predicted octanol–water partition coefficient (Wildman–Crippen LogP) is 3.42. The van der Waals surface area contributed by atoms with Crippen molar-refractivity contribution in [1.29, 1.82) is 0 Å². The first kappa shape index (κ1) is 22.8. The summed E-state index contributed by atoms with van der Waals surface area (Å²) in [6, 6.07) is 10.5. The lowest BCUT2D eigenvalue weighted by Crippen LogP contribution is -2.30. The molecule has 3 aromatic rings. The smallest absolute Gasteiger partial charge is 0.257 e. The van der Waals surface area contributed by atoms with Crippen LogP contribution in [0.25, 0.3) is 11.1 Å². The van der Waals surface area contributed by atoms with Crippen LogP contribution in [0.15, 0.2) is 54.7 Å². The first-order chi connectivity index (χ1) is 15.1. The molecule has 166 valence electrons. The standard InChI is InChI=1S/C23H22F2N4O3/c1-12(2)28-22(31)19-9-15(11-27-21(19)26)13-3-5-18(6-4-13)29-23(32)20(30)14-7-16(24)10-17(25)8-14/h3-12,20,30H,1-2H3,(H2,26,27)(H,28,31)(H,29,32). The Morgan fingerprint density at radius 2 is 1.62 bits per heavy atom. The Bertz CT molecular complexity index is 1130. The molecule has 3 rings (SSSR count). The molecular formula is C23H22F2N4O3. The minimum absolute atomic E-state index is 0.0623. The van der Waals surface area contributed by atoms with Gasteiger partial charge in [0.25, 0.3) is 11.8 Å². The second-order valence-corrected chi connectivity index (χ2v) is 7.46. The van der Waals surface area contributed by atoms with Crippen molar-refractivity contribution in [3.05, 3.63) is 77.5 Å². The van der Waals surface area contributed by atoms with E-state index in [0.717, 1.165) is 12.1 Å². The van der Waals surface area contributed by atoms with Crippen LogP contribution >= 0.6 is 0 Å². The molecule has 0 saturated carbocycles. The minimum atomic E-state index is -1.75. The highest BCUT2D eigenvalue weighted by Crippen LogP contribution is 2.25. The van der Waals surface area contributed by atoms with E-state index in [0.29, 0.717) is 22.9 Å². The van der Waals surface area contributed by atoms with Gasteiger partial charge in [-0.25, -0.2) is 13.8 Å². The van der Waals surface area contributed by atoms with Crippen LogP contribution in [0.2, 0.25) is 0 Å². The third kappa shape index (κ3) is 5.44. The normalized spacial score (nSPS) is 11.8. The van der Waals surface area contributed by atoms with Crippen molar-refractivity contribution in [1.82, 2.24) is 10.3 Å². The van der Waals surface area contributed by atoms with Crippen molar-refractivity contribution in [3.8, 4) is 11.1 Å². The van der Waals surface area contributed by atoms with Gasteiger partial charge in [-0.3, -0.25) is 9.59 Å². The summed E-state index contributed by atoms with van der Waals surface area (Å²) in [6.07, 6.45) is -0.222. The summed E-state index contributed by atoms with van der Waals surface area (Å²) in [6.45, 7) is 3.67. The van der Waals surface area contributed by atoms with Crippen LogP contribution in [0.5, 0.6) is 0 Å². The lowest BCUT2D eigenvalue weighted by molar-refractivity contribution is -0.124. The lowest BCUT2D eigenvalue weighted by Gasteiger charge is -2.13. The Morgan fingerprint density at radius 3 is 2.22 bits per heavy atom. The summed E-state index contributed by atoms with van der Waals surface area (Å²) in [5.74, 6) is -2.86. The van der Waals surface area contributed by atoms with E-state index in [1.54, 1.807) is 30.3 Å². The number of rotatable bonds is 6. The molecule has 1 aromatic heterocycles. The number of hydrogen-bond acceptors (Lipinski definition) is 5. The molecule has 32 heavy (non-hydrogen) atoms. The zero-order valence-corrected chi connectivity index (χ0v) is 17.4. The van der Waals surface area contributed by atoms with Crippen molar-refractivity contribution in [2.75, 3.05) is 11.1 Å². The maximum atomic E-state index is 13.3. The summed E-state index contributed by atoms with van der Waals surface area (Å²) in [4.78, 5) is 28.6. The summed E-state index contributed by atoms with van der Waals surface area (Å²) in [5.41, 5.74) is 7.59. The van der Waals surface area contributed by atoms with Gasteiger partial charge in [0.15, 0.2) is 6.10 Å². The number of aliphatic hydroxyl groups is 1. The third-order valence-electron chi connectivity index (χ3n) is 4.52. The number of aliphatic hydroxyl groups excluding tert-OH is 1. The maximum absolute atomic E-state index is 13.3. The number of carbonyl (C=O) groups excluding carboxylic acids is 2. The molecule has 0 spiro atoms. The fraction of sp³-hybridized carbons (Fsp3) is 0.174. The lowest BCUT2D eigenvalue weighted by atomic mass is 10.0. The highest BCUT2D eigenvalue weighted by atomic mass is 19.1. The van der Waals surface area contributed by atoms with Gasteiger partial charge in [0.1, 0.15) is 17.5 Å². The third-order valence-corrected chi connectivity index (χ3v) is 4.52. The first-order valence-electron chi connectivity index (χ1n) is 9.76. The molecule has 7 nitrogen and oxygen atoms in total. The Kier molecular flexibility index (Phi) is 6.79. The van der Waals surface area contributed by atoms with E-state index in [2.05, 4.69) is 15.6 Å². The van der Waals surface area contributed by atoms with Crippen molar-refractivity contribution in [2.45, 2.75) is 26.0 Å². The quantitative estimate of drug-likeness (QED) is 0.469. The molecule has 5 N–H and O–H groups in total. The number of aromatic nitrogens is 1. The summed E-state index contributed by atoms with van der Waals surface area (Å²) in [5, 5.41) is 15.3. The molecule has 0 aliphatic rings. The molecule has 1 heterocycles. The molecule has 0 aliphatic carbocycles. The zero-order chi connectivity index (χ0) is 23.4. The number of carbonyl (C=O) groups is 2. The van der Waals surface area contributed by atoms with E-state index in [1.165, 1.54) is 6.20 Å². The zero-order valence-electron chi connectivity index (χ0n) is 17.4. The van der Waals surface area contributed by atoms with Crippen LogP contribution in [0.1, 0.15) is 35.9 Å². The Labute approximate surface area is 183 Å². The van der Waals surface area contributed by atoms with Crippen LogP contribution in [0, 0.1) is 11.6 Å². The maximum Gasteiger partial charge on any atom is 0.257 e. The largest absolute Gasteiger partial charge is 0.383 e. The van der Waals surface area contributed by atoms with E-state index in [4.69, 9.17) is 5.73 Å². The molecule has 9 heteroatoms. The monoisotopic (exact) mass is 440 g/mol. The number of pyridine rings is 1. The van der Waals surface area contributed by atoms with Gasteiger partial charge >= 0.3 is 0 Å². The van der Waals surface area contributed by atoms with Crippen LogP contribution < -0.4 is 16.4 Å². The van der Waals surface area contributed by atoms with Gasteiger partial charge in [0.2, 0.25) is 0 Å². The Balaban J connectivity index is 1.75. The number of hydrogen-bond donors (Lipinski definition) is 4. The van der Waals surface area contributed by atoms with Gasteiger partial charge in [-0.15, -0.1) is 0 Å². The summed E-state index contributed by atoms with van der Waals surface area (Å²) in [7, 11) is 0. The molecule has 0 bridgehead atoms. The molecule has 2 aromatic carbocycles. The molecule has 1 unspecified atom stereocenters. The summed E-state index contributed by atoms with van der Waals surface area (Å²) >= 11 is 0.